The summed E-state index contributed by atoms with van der Waals surface area (Å²) in [7, 11) is 2.05. The minimum atomic E-state index is -0.570. The van der Waals surface area contributed by atoms with E-state index in [0.29, 0.717) is 13.0 Å². The number of aliphatic hydroxyl groups is 1. The number of hydrogen-bond donors (Lipinski definition) is 3. The lowest BCUT2D eigenvalue weighted by Crippen LogP contribution is -2.26. The monoisotopic (exact) mass is 428 g/mol. The van der Waals surface area contributed by atoms with Crippen molar-refractivity contribution >= 4 is 22.5 Å². The molecule has 164 valence electrons. The number of aryl methyl sites for hydroxylation is 1. The van der Waals surface area contributed by atoms with Crippen LogP contribution >= 0.6 is 0 Å². The van der Waals surface area contributed by atoms with Gasteiger partial charge in [-0.05, 0) is 54.3 Å². The first-order chi connectivity index (χ1) is 15.4. The number of H-pyrrole nitrogens is 1. The Morgan fingerprint density at radius 1 is 1.28 bits per heavy atom. The van der Waals surface area contributed by atoms with Gasteiger partial charge in [-0.2, -0.15) is 0 Å². The molecule has 0 saturated carbocycles. The molecule has 3 aromatic rings. The van der Waals surface area contributed by atoms with Gasteiger partial charge in [0.2, 0.25) is 5.91 Å². The lowest BCUT2D eigenvalue weighted by molar-refractivity contribution is -0.119. The van der Waals surface area contributed by atoms with E-state index in [0.717, 1.165) is 38.9 Å². The summed E-state index contributed by atoms with van der Waals surface area (Å²) in [4.78, 5) is 21.7. The molecule has 3 N–H and O–H groups in total. The number of rotatable bonds is 4. The molecule has 2 aromatic heterocycles. The highest BCUT2D eigenvalue weighted by molar-refractivity contribution is 5.86. The topological polar surface area (TPSA) is 81.2 Å². The highest BCUT2D eigenvalue weighted by Crippen LogP contribution is 2.42. The third-order valence-corrected chi connectivity index (χ3v) is 6.52. The van der Waals surface area contributed by atoms with Gasteiger partial charge in [0.05, 0.1) is 12.1 Å². The molecule has 1 fully saturated rings. The number of nitrogens with one attached hydrogen (secondary N) is 2. The molecule has 0 bridgehead atoms. The Morgan fingerprint density at radius 2 is 2.12 bits per heavy atom. The molecule has 3 atom stereocenters. The van der Waals surface area contributed by atoms with E-state index in [1.54, 1.807) is 13.1 Å². The van der Waals surface area contributed by atoms with E-state index < -0.39 is 6.10 Å². The first-order valence-electron chi connectivity index (χ1n) is 11.0. The van der Waals surface area contributed by atoms with Gasteiger partial charge < -0.3 is 20.3 Å². The van der Waals surface area contributed by atoms with Gasteiger partial charge in [0.1, 0.15) is 5.65 Å². The van der Waals surface area contributed by atoms with Crippen molar-refractivity contribution in [2.24, 2.45) is 0 Å². The van der Waals surface area contributed by atoms with Crippen molar-refractivity contribution in [3.05, 3.63) is 82.8 Å². The number of hydrogen-bond acceptors (Lipinski definition) is 4. The number of pyridine rings is 1. The summed E-state index contributed by atoms with van der Waals surface area (Å²) in [6, 6.07) is 10.6. The van der Waals surface area contributed by atoms with E-state index in [2.05, 4.69) is 57.4 Å². The minimum Gasteiger partial charge on any atom is -0.389 e. The summed E-state index contributed by atoms with van der Waals surface area (Å²) in [5.74, 6) is 0.295. The number of nitrogens with zero attached hydrogens (tertiary/aromatic N) is 2. The van der Waals surface area contributed by atoms with Crippen LogP contribution in [-0.4, -0.2) is 45.6 Å². The van der Waals surface area contributed by atoms with E-state index in [1.165, 1.54) is 5.56 Å². The third-order valence-electron chi connectivity index (χ3n) is 6.52. The van der Waals surface area contributed by atoms with Gasteiger partial charge in [-0.3, -0.25) is 4.79 Å². The second-order valence-corrected chi connectivity index (χ2v) is 8.95. The predicted octanol–water partition coefficient (Wildman–Crippen LogP) is 3.81. The molecule has 6 nitrogen and oxygen atoms in total. The number of fused-ring (bicyclic) bond motifs is 1. The first-order valence-corrected chi connectivity index (χ1v) is 11.0. The molecule has 0 radical (unpaired) electrons. The molecular formula is C26H28N4O2. The number of likely N-dealkylation sites (N-methyl/N-ethyl adjacent to an activating group) is 1. The van der Waals surface area contributed by atoms with E-state index in [-0.39, 0.29) is 17.9 Å². The fourth-order valence-corrected chi connectivity index (χ4v) is 4.94. The third kappa shape index (κ3) is 3.60. The second-order valence-electron chi connectivity index (χ2n) is 8.95. The molecule has 1 amide bonds. The summed E-state index contributed by atoms with van der Waals surface area (Å²) < 4.78 is 0. The van der Waals surface area contributed by atoms with Gasteiger partial charge in [-0.15, -0.1) is 0 Å². The van der Waals surface area contributed by atoms with Crippen LogP contribution < -0.4 is 5.32 Å². The van der Waals surface area contributed by atoms with Gasteiger partial charge in [0.15, 0.2) is 0 Å². The number of aromatic nitrogens is 2. The van der Waals surface area contributed by atoms with Crippen LogP contribution in [0.4, 0.5) is 0 Å². The van der Waals surface area contributed by atoms with Crippen LogP contribution in [0.3, 0.4) is 0 Å². The van der Waals surface area contributed by atoms with Crippen LogP contribution in [-0.2, 0) is 4.79 Å². The highest BCUT2D eigenvalue weighted by Gasteiger charge is 2.30. The van der Waals surface area contributed by atoms with Crippen LogP contribution in [0.5, 0.6) is 0 Å². The van der Waals surface area contributed by atoms with E-state index in [4.69, 9.17) is 0 Å². The van der Waals surface area contributed by atoms with Crippen LogP contribution in [0.15, 0.2) is 60.6 Å². The maximum Gasteiger partial charge on any atom is 0.220 e. The smallest absolute Gasteiger partial charge is 0.220 e. The fourth-order valence-electron chi connectivity index (χ4n) is 4.94. The van der Waals surface area contributed by atoms with Crippen molar-refractivity contribution in [2.75, 3.05) is 13.6 Å². The zero-order valence-electron chi connectivity index (χ0n) is 18.6. The SMILES string of the molecule is Cc1cc(C2=CC(C(C)O)=CN(C)C2c2c[nH]c3ncccc23)cc(C2CNC(=O)C2)c1. The van der Waals surface area contributed by atoms with Crippen LogP contribution in [0.2, 0.25) is 0 Å². The second kappa shape index (κ2) is 7.95. The fraction of sp³-hybridized carbons (Fsp3) is 0.308. The molecule has 0 aliphatic carbocycles. The highest BCUT2D eigenvalue weighted by atomic mass is 16.3. The number of carbonyl (C=O) groups excluding carboxylic acids is 1. The van der Waals surface area contributed by atoms with Crippen LogP contribution in [0.1, 0.15) is 47.6 Å². The van der Waals surface area contributed by atoms with Crippen molar-refractivity contribution in [2.45, 2.75) is 38.3 Å². The molecule has 1 saturated heterocycles. The number of aliphatic hydroxyl groups excluding tert-OH is 1. The maximum absolute atomic E-state index is 11.8. The molecule has 0 spiro atoms. The summed E-state index contributed by atoms with van der Waals surface area (Å²) in [6.07, 6.45) is 7.91. The summed E-state index contributed by atoms with van der Waals surface area (Å²) in [5, 5.41) is 14.4. The number of amides is 1. The Bertz CT molecular complexity index is 1250. The minimum absolute atomic E-state index is 0.0339. The van der Waals surface area contributed by atoms with Crippen molar-refractivity contribution in [1.82, 2.24) is 20.2 Å². The Labute approximate surface area is 187 Å². The van der Waals surface area contributed by atoms with Crippen molar-refractivity contribution in [1.29, 1.82) is 0 Å². The molecule has 5 rings (SSSR count). The zero-order chi connectivity index (χ0) is 22.4. The molecule has 3 unspecified atom stereocenters. The van der Waals surface area contributed by atoms with E-state index in [1.807, 2.05) is 25.5 Å². The van der Waals surface area contributed by atoms with Gasteiger partial charge in [-0.1, -0.05) is 23.8 Å². The largest absolute Gasteiger partial charge is 0.389 e. The molecule has 32 heavy (non-hydrogen) atoms. The zero-order valence-corrected chi connectivity index (χ0v) is 18.6. The van der Waals surface area contributed by atoms with Gasteiger partial charge in [0.25, 0.3) is 0 Å². The van der Waals surface area contributed by atoms with E-state index in [9.17, 15) is 9.90 Å². The van der Waals surface area contributed by atoms with Crippen molar-refractivity contribution < 1.29 is 9.90 Å². The average molecular weight is 429 g/mol. The average Bonchev–Trinajstić information content (AvgIpc) is 3.39. The maximum atomic E-state index is 11.8. The molecule has 6 heteroatoms. The quantitative estimate of drug-likeness (QED) is 0.590. The van der Waals surface area contributed by atoms with Crippen LogP contribution in [0, 0.1) is 6.92 Å². The standard InChI is InChI=1S/C26H28N4O2/c1-15-7-17(19-11-24(32)28-12-19)9-18(8-15)22-10-20(16(2)31)14-30(3)25(22)23-13-29-26-21(23)5-4-6-27-26/h4-10,13-14,16,19,25,31H,11-12H2,1-3H3,(H,27,29)(H,28,32). The Balaban J connectivity index is 1.65. The molecule has 4 heterocycles. The van der Waals surface area contributed by atoms with Gasteiger partial charge in [0, 0.05) is 55.5 Å². The summed E-state index contributed by atoms with van der Waals surface area (Å²) in [6.45, 7) is 4.57. The van der Waals surface area contributed by atoms with Crippen LogP contribution in [0.25, 0.3) is 16.6 Å². The lowest BCUT2D eigenvalue weighted by atomic mass is 9.85. The molecule has 2 aliphatic rings. The lowest BCUT2D eigenvalue weighted by Gasteiger charge is -2.35. The summed E-state index contributed by atoms with van der Waals surface area (Å²) >= 11 is 0. The Kier molecular flexibility index (Phi) is 5.10. The summed E-state index contributed by atoms with van der Waals surface area (Å²) in [5.41, 5.74) is 7.45. The number of aromatic amines is 1. The molecular weight excluding hydrogens is 400 g/mol. The van der Waals surface area contributed by atoms with Gasteiger partial charge >= 0.3 is 0 Å². The molecule has 1 aromatic carbocycles. The Hall–Kier alpha value is -3.38. The number of carbonyl (C=O) groups is 1. The van der Waals surface area contributed by atoms with Gasteiger partial charge in [-0.25, -0.2) is 4.98 Å². The number of benzene rings is 1. The van der Waals surface area contributed by atoms with E-state index >= 15 is 0 Å². The molecule has 2 aliphatic heterocycles. The van der Waals surface area contributed by atoms with Crippen molar-refractivity contribution in [3.8, 4) is 0 Å². The van der Waals surface area contributed by atoms with Crippen molar-refractivity contribution in [3.63, 3.8) is 0 Å². The predicted molar refractivity (Wildman–Crippen MR) is 126 cm³/mol. The normalized spacial score (nSPS) is 22.0. The first kappa shape index (κ1) is 20.5. The Morgan fingerprint density at radius 3 is 2.88 bits per heavy atom.